The number of carbonyl (C=O) groups is 4. The molecule has 0 saturated carbocycles. The van der Waals surface area contributed by atoms with Crippen molar-refractivity contribution in [3.05, 3.63) is 289 Å². The Morgan fingerprint density at radius 2 is 0.323 bits per heavy atom. The summed E-state index contributed by atoms with van der Waals surface area (Å²) >= 11 is 10.0. The molecular weight excluding hydrogens is 1360 g/mol. The van der Waals surface area contributed by atoms with Gasteiger partial charge < -0.3 is 39.4 Å². The number of esters is 4. The van der Waals surface area contributed by atoms with E-state index in [1.807, 2.05) is 121 Å². The Kier molecular flexibility index (Phi) is 20.4. The predicted octanol–water partition coefficient (Wildman–Crippen LogP) is 20.9. The predicted molar refractivity (Wildman–Crippen MR) is 377 cm³/mol. The summed E-state index contributed by atoms with van der Waals surface area (Å²) in [7, 11) is 0. The van der Waals surface area contributed by atoms with Gasteiger partial charge in [0.25, 0.3) is 0 Å². The molecule has 0 unspecified atom stereocenters. The molecule has 2 heterocycles. The van der Waals surface area contributed by atoms with Gasteiger partial charge in [0, 0.05) is 0 Å². The topological polar surface area (TPSA) is 186 Å². The number of carbonyl (C=O) groups excluding carboxylic acids is 4. The summed E-state index contributed by atoms with van der Waals surface area (Å²) in [6.45, 7) is 0. The van der Waals surface area contributed by atoms with Crippen LogP contribution in [0, 0.1) is 0 Å². The molecule has 0 radical (unpaired) electrons. The highest BCUT2D eigenvalue weighted by Crippen LogP contribution is 2.56. The van der Waals surface area contributed by atoms with Crippen molar-refractivity contribution >= 4 is 118 Å². The number of phenols is 4. The van der Waals surface area contributed by atoms with Crippen molar-refractivity contribution in [2.24, 2.45) is 0 Å². The second kappa shape index (κ2) is 30.1. The van der Waals surface area contributed by atoms with Gasteiger partial charge in [-0.3, -0.25) is 0 Å². The smallest absolute Gasteiger partial charge is 0.343 e. The van der Waals surface area contributed by atoms with E-state index in [1.165, 1.54) is 94.1 Å². The zero-order chi connectivity index (χ0) is 66.1. The van der Waals surface area contributed by atoms with Crippen LogP contribution in [0.2, 0.25) is 0 Å². The molecular formula is C76H48O12S8. The lowest BCUT2D eigenvalue weighted by atomic mass is 10.2. The maximum Gasteiger partial charge on any atom is 0.343 e. The fourth-order valence-corrected chi connectivity index (χ4v) is 17.9. The minimum atomic E-state index is -0.530. The summed E-state index contributed by atoms with van der Waals surface area (Å²) in [5.41, 5.74) is 1.57. The summed E-state index contributed by atoms with van der Waals surface area (Å²) in [5.74, 6) is -0.774. The molecule has 2 aliphatic heterocycles. The summed E-state index contributed by atoms with van der Waals surface area (Å²) in [6, 6.07) is 78.5. The highest BCUT2D eigenvalue weighted by molar-refractivity contribution is 8.02. The lowest BCUT2D eigenvalue weighted by molar-refractivity contribution is 0.0716. The van der Waals surface area contributed by atoms with Crippen molar-refractivity contribution in [3.63, 3.8) is 0 Å². The third-order valence-corrected chi connectivity index (χ3v) is 22.9. The van der Waals surface area contributed by atoms with E-state index in [2.05, 4.69) is 0 Å². The van der Waals surface area contributed by atoms with Crippen LogP contribution in [0.3, 0.4) is 0 Å². The van der Waals surface area contributed by atoms with Crippen LogP contribution in [0.5, 0.6) is 46.0 Å². The van der Waals surface area contributed by atoms with E-state index in [0.717, 1.165) is 0 Å². The largest absolute Gasteiger partial charge is 0.506 e. The fourth-order valence-electron chi connectivity index (χ4n) is 9.55. The third kappa shape index (κ3) is 15.0. The average Bonchev–Trinajstić information content (AvgIpc) is 0.948. The molecule has 472 valence electrons. The van der Waals surface area contributed by atoms with Gasteiger partial charge in [0.2, 0.25) is 0 Å². The molecule has 12 aromatic rings. The number of hydrogen-bond donors (Lipinski definition) is 4. The monoisotopic (exact) mass is 1410 g/mol. The van der Waals surface area contributed by atoms with Crippen molar-refractivity contribution in [1.29, 1.82) is 0 Å². The van der Waals surface area contributed by atoms with E-state index >= 15 is 0 Å². The van der Waals surface area contributed by atoms with Crippen LogP contribution in [-0.4, -0.2) is 44.3 Å². The number of benzene rings is 12. The van der Waals surface area contributed by atoms with Crippen LogP contribution < -0.4 is 18.9 Å². The summed E-state index contributed by atoms with van der Waals surface area (Å²) in [5, 5.41) is 46.3. The van der Waals surface area contributed by atoms with E-state index in [1.54, 1.807) is 146 Å². The van der Waals surface area contributed by atoms with Gasteiger partial charge in [0.1, 0.15) is 23.0 Å². The highest BCUT2D eigenvalue weighted by Gasteiger charge is 2.28. The maximum atomic E-state index is 13.3. The van der Waals surface area contributed by atoms with Crippen molar-refractivity contribution in [2.45, 2.75) is 78.3 Å². The van der Waals surface area contributed by atoms with Crippen molar-refractivity contribution < 1.29 is 58.6 Å². The van der Waals surface area contributed by atoms with Crippen LogP contribution in [-0.2, 0) is 0 Å². The first-order valence-corrected chi connectivity index (χ1v) is 35.7. The molecule has 12 nitrogen and oxygen atoms in total. The molecule has 20 heteroatoms. The number of rotatable bonds is 8. The van der Waals surface area contributed by atoms with Crippen molar-refractivity contribution in [1.82, 2.24) is 0 Å². The van der Waals surface area contributed by atoms with E-state index in [0.29, 0.717) is 124 Å². The van der Waals surface area contributed by atoms with Crippen molar-refractivity contribution in [2.75, 3.05) is 0 Å². The second-order valence-corrected chi connectivity index (χ2v) is 29.3. The number of hydrogen-bond acceptors (Lipinski definition) is 20. The third-order valence-electron chi connectivity index (χ3n) is 14.2. The summed E-state index contributed by atoms with van der Waals surface area (Å²) in [6.07, 6.45) is 0. The first-order chi connectivity index (χ1) is 46.9. The quantitative estimate of drug-likeness (QED) is 0.0830. The Labute approximate surface area is 585 Å². The van der Waals surface area contributed by atoms with E-state index < -0.39 is 23.9 Å². The molecule has 4 N–H and O–H groups in total. The standard InChI is InChI=1S/2C38H24O6S4/c2*39-33-25-15-7-17-27(33)47-31-21-10-22-32(36(31)44-38(42)24-13-5-2-6-14-24)48-28-18-8-16-26(34(28)40)46-30-20-9-19-29(45-25)35(30)43-37(41)23-11-3-1-4-12-23/h2*1-22,39-40H. The van der Waals surface area contributed by atoms with Crippen LogP contribution in [0.4, 0.5) is 0 Å². The maximum absolute atomic E-state index is 13.3. The fraction of sp³-hybridized carbons (Fsp3) is 0. The Bertz CT molecular complexity index is 4140. The first kappa shape index (κ1) is 65.2. The van der Waals surface area contributed by atoms with Crippen LogP contribution in [0.15, 0.2) is 345 Å². The Morgan fingerprint density at radius 1 is 0.188 bits per heavy atom. The van der Waals surface area contributed by atoms with Gasteiger partial charge in [-0.05, 0) is 146 Å². The molecule has 0 saturated heterocycles. The zero-order valence-corrected chi connectivity index (χ0v) is 56.3. The highest BCUT2D eigenvalue weighted by atomic mass is 32.2. The lowest BCUT2D eigenvalue weighted by Gasteiger charge is -2.18. The molecule has 2 aliphatic rings. The molecule has 0 atom stereocenters. The molecule has 12 aromatic carbocycles. The van der Waals surface area contributed by atoms with E-state index in [4.69, 9.17) is 18.9 Å². The summed E-state index contributed by atoms with van der Waals surface area (Å²) < 4.78 is 24.2. The molecule has 14 rings (SSSR count). The van der Waals surface area contributed by atoms with Gasteiger partial charge in [0.05, 0.1) is 101 Å². The number of fused-ring (bicyclic) bond motifs is 16. The van der Waals surface area contributed by atoms with Crippen molar-refractivity contribution in [3.8, 4) is 46.0 Å². The van der Waals surface area contributed by atoms with E-state index in [-0.39, 0.29) is 23.0 Å². The number of para-hydroxylation sites is 8. The Balaban J connectivity index is 0.000000174. The SMILES string of the molecule is O=C(Oc1c2cccc1Sc1cccc(c1O)Sc1cccc(c1OC(=O)c1ccccc1)Sc1cccc(c1O)S2)c1ccccc1.O=C(Oc1c2cccc1Sc1cccc(c1O)Sc1cccc(c1OC(=O)c1ccccc1)Sc1cccc(c1O)S2)c1ccccc1. The first-order valence-electron chi connectivity index (χ1n) is 29.2. The minimum Gasteiger partial charge on any atom is -0.506 e. The van der Waals surface area contributed by atoms with Crippen LogP contribution >= 0.6 is 94.1 Å². The second-order valence-electron chi connectivity index (χ2n) is 20.6. The number of aromatic hydroxyl groups is 4. The van der Waals surface area contributed by atoms with Gasteiger partial charge >= 0.3 is 23.9 Å². The molecule has 0 amide bonds. The molecule has 96 heavy (non-hydrogen) atoms. The van der Waals surface area contributed by atoms with Gasteiger partial charge in [-0.15, -0.1) is 0 Å². The minimum absolute atomic E-state index is 0.0271. The number of ether oxygens (including phenoxy) is 4. The molecule has 0 spiro atoms. The molecule has 0 fully saturated rings. The van der Waals surface area contributed by atoms with Gasteiger partial charge in [-0.2, -0.15) is 0 Å². The van der Waals surface area contributed by atoms with Gasteiger partial charge in [0.15, 0.2) is 23.0 Å². The summed E-state index contributed by atoms with van der Waals surface area (Å²) in [4.78, 5) is 62.3. The molecule has 16 bridgehead atoms. The molecule has 0 aromatic heterocycles. The molecule has 0 aliphatic carbocycles. The van der Waals surface area contributed by atoms with Crippen LogP contribution in [0.25, 0.3) is 0 Å². The lowest BCUT2D eigenvalue weighted by Crippen LogP contribution is -2.09. The normalized spacial score (nSPS) is 12.2. The van der Waals surface area contributed by atoms with Crippen LogP contribution in [0.1, 0.15) is 41.4 Å². The van der Waals surface area contributed by atoms with Gasteiger partial charge in [-0.25, -0.2) is 19.2 Å². The zero-order valence-electron chi connectivity index (χ0n) is 49.7. The van der Waals surface area contributed by atoms with E-state index in [9.17, 15) is 39.6 Å². The number of phenolic OH excluding ortho intramolecular Hbond substituents is 4. The van der Waals surface area contributed by atoms with Gasteiger partial charge in [-0.1, -0.05) is 215 Å². The Morgan fingerprint density at radius 3 is 0.469 bits per heavy atom. The average molecular weight is 1410 g/mol. The Hall–Kier alpha value is -9.48.